The summed E-state index contributed by atoms with van der Waals surface area (Å²) in [7, 11) is 2.84. The van der Waals surface area contributed by atoms with Gasteiger partial charge in [0.1, 0.15) is 0 Å². The van der Waals surface area contributed by atoms with E-state index in [0.717, 1.165) is 12.8 Å². The van der Waals surface area contributed by atoms with E-state index in [0.29, 0.717) is 0 Å². The monoisotopic (exact) mass is 591 g/mol. The molecule has 0 atom stereocenters. The van der Waals surface area contributed by atoms with E-state index in [1.165, 1.54) is 206 Å². The smallest absolute Gasteiger partial charge is 0.330 e. The van der Waals surface area contributed by atoms with Crippen molar-refractivity contribution < 1.29 is 19.1 Å². The van der Waals surface area contributed by atoms with Gasteiger partial charge in [-0.1, -0.05) is 179 Å². The standard InChI is InChI=1S/C38H70O4/c1-41-37(39)35-33-31-29-27-25-23-21-19-17-15-13-11-9-7-5-3-4-6-8-10-12-14-16-18-20-22-24-26-28-30-32-34-36-38(40)42-2/h33-36H,3-32H2,1-2H3/b35-33+,36-34+. The van der Waals surface area contributed by atoms with Crippen LogP contribution in [0.1, 0.15) is 193 Å². The van der Waals surface area contributed by atoms with Gasteiger partial charge < -0.3 is 9.47 Å². The molecule has 4 heteroatoms. The molecule has 0 heterocycles. The summed E-state index contributed by atoms with van der Waals surface area (Å²) >= 11 is 0. The number of esters is 2. The van der Waals surface area contributed by atoms with E-state index < -0.39 is 0 Å². The molecule has 0 aromatic carbocycles. The normalized spacial score (nSPS) is 11.6. The van der Waals surface area contributed by atoms with Crippen molar-refractivity contribution in [3.8, 4) is 0 Å². The molecule has 0 saturated heterocycles. The van der Waals surface area contributed by atoms with E-state index in [9.17, 15) is 9.59 Å². The molecule has 0 saturated carbocycles. The van der Waals surface area contributed by atoms with Gasteiger partial charge in [0.25, 0.3) is 0 Å². The second-order valence-electron chi connectivity index (χ2n) is 12.3. The summed E-state index contributed by atoms with van der Waals surface area (Å²) in [5.41, 5.74) is 0. The number of hydrogen-bond donors (Lipinski definition) is 0. The number of ether oxygens (including phenoxy) is 2. The molecule has 0 amide bonds. The second kappa shape index (κ2) is 35.6. The molecule has 4 nitrogen and oxygen atoms in total. The van der Waals surface area contributed by atoms with Crippen molar-refractivity contribution in [2.45, 2.75) is 193 Å². The maximum Gasteiger partial charge on any atom is 0.330 e. The maximum absolute atomic E-state index is 11.0. The molecule has 0 radical (unpaired) electrons. The van der Waals surface area contributed by atoms with E-state index in [2.05, 4.69) is 9.47 Å². The van der Waals surface area contributed by atoms with Crippen LogP contribution >= 0.6 is 0 Å². The van der Waals surface area contributed by atoms with Gasteiger partial charge in [0.15, 0.2) is 0 Å². The molecule has 0 aliphatic rings. The summed E-state index contributed by atoms with van der Waals surface area (Å²) in [6, 6.07) is 0. The van der Waals surface area contributed by atoms with Crippen LogP contribution in [0.15, 0.2) is 24.3 Å². The molecule has 0 N–H and O–H groups in total. The van der Waals surface area contributed by atoms with Gasteiger partial charge in [-0.05, 0) is 25.7 Å². The third-order valence-electron chi connectivity index (χ3n) is 8.40. The van der Waals surface area contributed by atoms with Gasteiger partial charge in [-0.15, -0.1) is 0 Å². The van der Waals surface area contributed by atoms with Crippen LogP contribution in [0.5, 0.6) is 0 Å². The van der Waals surface area contributed by atoms with Crippen molar-refractivity contribution in [3.63, 3.8) is 0 Å². The van der Waals surface area contributed by atoms with Crippen LogP contribution in [-0.4, -0.2) is 26.2 Å². The molecule has 0 aromatic heterocycles. The Morgan fingerprint density at radius 3 is 0.667 bits per heavy atom. The number of hydrogen-bond acceptors (Lipinski definition) is 4. The lowest BCUT2D eigenvalue weighted by molar-refractivity contribution is -0.135. The molecule has 0 aromatic rings. The number of methoxy groups -OCH3 is 2. The number of rotatable bonds is 33. The SMILES string of the molecule is COC(=O)/C=C/CCCCCCCCCCCCCCCCCCCCCCCCCCCCCC/C=C/C(=O)OC. The quantitative estimate of drug-likeness (QED) is 0.0433. The van der Waals surface area contributed by atoms with Crippen molar-refractivity contribution in [1.29, 1.82) is 0 Å². The van der Waals surface area contributed by atoms with Gasteiger partial charge >= 0.3 is 11.9 Å². The fourth-order valence-corrected chi connectivity index (χ4v) is 5.62. The first kappa shape index (κ1) is 40.4. The molecule has 0 rings (SSSR count). The van der Waals surface area contributed by atoms with Gasteiger partial charge in [-0.3, -0.25) is 0 Å². The summed E-state index contributed by atoms with van der Waals surface area (Å²) in [5.74, 6) is -0.492. The Hall–Kier alpha value is -1.58. The van der Waals surface area contributed by atoms with Crippen LogP contribution in [0, 0.1) is 0 Å². The number of carbonyl (C=O) groups excluding carboxylic acids is 2. The molecular formula is C38H70O4. The van der Waals surface area contributed by atoms with Crippen molar-refractivity contribution in [3.05, 3.63) is 24.3 Å². The summed E-state index contributed by atoms with van der Waals surface area (Å²) in [4.78, 5) is 22.0. The van der Waals surface area contributed by atoms with Crippen LogP contribution < -0.4 is 0 Å². The minimum atomic E-state index is -0.246. The Bertz CT molecular complexity index is 571. The van der Waals surface area contributed by atoms with Crippen LogP contribution in [0.4, 0.5) is 0 Å². The topological polar surface area (TPSA) is 52.6 Å². The van der Waals surface area contributed by atoms with Crippen LogP contribution in [0.2, 0.25) is 0 Å². The summed E-state index contributed by atoms with van der Waals surface area (Å²) < 4.78 is 9.18. The fourth-order valence-electron chi connectivity index (χ4n) is 5.62. The van der Waals surface area contributed by atoms with Crippen molar-refractivity contribution in [2.24, 2.45) is 0 Å². The third kappa shape index (κ3) is 34.6. The highest BCUT2D eigenvalue weighted by atomic mass is 16.5. The zero-order chi connectivity index (χ0) is 30.6. The minimum Gasteiger partial charge on any atom is -0.466 e. The molecule has 42 heavy (non-hydrogen) atoms. The molecule has 0 aliphatic heterocycles. The molecule has 0 fully saturated rings. The van der Waals surface area contributed by atoms with E-state index in [4.69, 9.17) is 0 Å². The summed E-state index contributed by atoms with van der Waals surface area (Å²) in [6.07, 6.45) is 47.8. The zero-order valence-corrected chi connectivity index (χ0v) is 28.2. The molecule has 0 unspecified atom stereocenters. The third-order valence-corrected chi connectivity index (χ3v) is 8.40. The zero-order valence-electron chi connectivity index (χ0n) is 28.2. The summed E-state index contributed by atoms with van der Waals surface area (Å²) in [6.45, 7) is 0. The van der Waals surface area contributed by atoms with Crippen molar-refractivity contribution in [1.82, 2.24) is 0 Å². The van der Waals surface area contributed by atoms with Crippen molar-refractivity contribution in [2.75, 3.05) is 14.2 Å². The molecule has 246 valence electrons. The predicted molar refractivity (Wildman–Crippen MR) is 181 cm³/mol. The van der Waals surface area contributed by atoms with Crippen LogP contribution in [0.3, 0.4) is 0 Å². The first-order valence-corrected chi connectivity index (χ1v) is 18.2. The largest absolute Gasteiger partial charge is 0.466 e. The molecule has 0 spiro atoms. The highest BCUT2D eigenvalue weighted by Gasteiger charge is 1.97. The molecule has 0 bridgehead atoms. The average molecular weight is 591 g/mol. The van der Waals surface area contributed by atoms with Gasteiger partial charge in [0.2, 0.25) is 0 Å². The van der Waals surface area contributed by atoms with E-state index in [1.807, 2.05) is 12.2 Å². The lowest BCUT2D eigenvalue weighted by atomic mass is 10.0. The Morgan fingerprint density at radius 1 is 0.333 bits per heavy atom. The van der Waals surface area contributed by atoms with Crippen LogP contribution in [0.25, 0.3) is 0 Å². The van der Waals surface area contributed by atoms with Crippen molar-refractivity contribution >= 4 is 11.9 Å². The van der Waals surface area contributed by atoms with Gasteiger partial charge in [0.05, 0.1) is 14.2 Å². The first-order valence-electron chi connectivity index (χ1n) is 18.2. The number of carbonyl (C=O) groups is 2. The molecule has 0 aliphatic carbocycles. The van der Waals surface area contributed by atoms with E-state index in [1.54, 1.807) is 0 Å². The van der Waals surface area contributed by atoms with E-state index >= 15 is 0 Å². The molecular weight excluding hydrogens is 520 g/mol. The maximum atomic E-state index is 11.0. The minimum absolute atomic E-state index is 0.246. The lowest BCUT2D eigenvalue weighted by Gasteiger charge is -2.04. The highest BCUT2D eigenvalue weighted by Crippen LogP contribution is 2.16. The number of unbranched alkanes of at least 4 members (excludes halogenated alkanes) is 29. The van der Waals surface area contributed by atoms with Gasteiger partial charge in [-0.25, -0.2) is 9.59 Å². The predicted octanol–water partition coefficient (Wildman–Crippen LogP) is 12.1. The highest BCUT2D eigenvalue weighted by molar-refractivity contribution is 5.81. The Kier molecular flexibility index (Phi) is 34.3. The Labute approximate surface area is 261 Å². The number of allylic oxidation sites excluding steroid dienone is 2. The van der Waals surface area contributed by atoms with Crippen LogP contribution in [-0.2, 0) is 19.1 Å². The Morgan fingerprint density at radius 2 is 0.500 bits per heavy atom. The Balaban J connectivity index is 3.10. The average Bonchev–Trinajstić information content (AvgIpc) is 3.00. The summed E-state index contributed by atoms with van der Waals surface area (Å²) in [5, 5.41) is 0. The fraction of sp³-hybridized carbons (Fsp3) is 0.842. The van der Waals surface area contributed by atoms with Gasteiger partial charge in [0, 0.05) is 12.2 Å². The van der Waals surface area contributed by atoms with E-state index in [-0.39, 0.29) is 11.9 Å². The first-order chi connectivity index (χ1) is 20.7. The second-order valence-corrected chi connectivity index (χ2v) is 12.3. The van der Waals surface area contributed by atoms with Gasteiger partial charge in [-0.2, -0.15) is 0 Å². The lowest BCUT2D eigenvalue weighted by Crippen LogP contribution is -1.93.